The van der Waals surface area contributed by atoms with Gasteiger partial charge < -0.3 is 19.1 Å². The quantitative estimate of drug-likeness (QED) is 0.253. The Hall–Kier alpha value is -2.67. The molecule has 5 aliphatic rings. The summed E-state index contributed by atoms with van der Waals surface area (Å²) in [7, 11) is -3.97. The molecule has 0 spiro atoms. The number of rotatable bonds is 6. The number of aryl methyl sites for hydroxylation is 1. The Bertz CT molecular complexity index is 1790. The summed E-state index contributed by atoms with van der Waals surface area (Å²) in [6.45, 7) is 14.8. The molecule has 302 valence electrons. The summed E-state index contributed by atoms with van der Waals surface area (Å²) < 4.78 is 49.6. The third-order valence-corrected chi connectivity index (χ3v) is 15.2. The predicted octanol–water partition coefficient (Wildman–Crippen LogP) is 6.70. The van der Waals surface area contributed by atoms with Crippen molar-refractivity contribution in [3.05, 3.63) is 70.3 Å². The standard InChI is InChI=1S/C43H61ClN4O6S/c1-4-5-22-54-43(30-46-19-20-47-21-23-52-29-38(47)27-46)17-8-9-31(2)32(3)55(50,51)45-42(49)34-13-16-41-40(25-34)48(26-35-12-15-39(35)43)18-7-6-10-33-24-37(44)14-11-36(33)28-53-41/h8,11,13-14,16-17,24-25,31-32,35,38-39H,4-7,9-10,12,15,18-23,26-30H2,1-3H3,(H,45,49)/b17-8+/t31-,32+,35-,38-,39+,43-/m0/s1. The number of carbonyl (C=O) groups is 1. The molecule has 0 aromatic heterocycles. The maximum absolute atomic E-state index is 13.7. The van der Waals surface area contributed by atoms with Crippen LogP contribution in [0.25, 0.3) is 0 Å². The van der Waals surface area contributed by atoms with Gasteiger partial charge in [-0.1, -0.05) is 50.1 Å². The van der Waals surface area contributed by atoms with Crippen molar-refractivity contribution in [3.8, 4) is 5.75 Å². The lowest BCUT2D eigenvalue weighted by atomic mass is 9.63. The fourth-order valence-electron chi connectivity index (χ4n) is 9.26. The molecular weight excluding hydrogens is 736 g/mol. The van der Waals surface area contributed by atoms with Crippen molar-refractivity contribution < 1.29 is 27.4 Å². The highest BCUT2D eigenvalue weighted by Crippen LogP contribution is 2.47. The van der Waals surface area contributed by atoms with E-state index in [9.17, 15) is 13.2 Å². The van der Waals surface area contributed by atoms with Crippen molar-refractivity contribution in [3.63, 3.8) is 0 Å². The molecule has 1 saturated carbocycles. The van der Waals surface area contributed by atoms with Gasteiger partial charge in [-0.25, -0.2) is 13.1 Å². The summed E-state index contributed by atoms with van der Waals surface area (Å²) in [6, 6.07) is 11.7. The van der Waals surface area contributed by atoms with E-state index in [0.717, 1.165) is 120 Å². The zero-order chi connectivity index (χ0) is 38.6. The summed E-state index contributed by atoms with van der Waals surface area (Å²) in [5.41, 5.74) is 2.88. The molecule has 1 amide bonds. The van der Waals surface area contributed by atoms with E-state index in [1.54, 1.807) is 13.0 Å². The Morgan fingerprint density at radius 2 is 1.89 bits per heavy atom. The molecule has 2 saturated heterocycles. The van der Waals surface area contributed by atoms with Gasteiger partial charge in [-0.3, -0.25) is 14.6 Å². The largest absolute Gasteiger partial charge is 0.487 e. The number of hydrogen-bond acceptors (Lipinski definition) is 9. The van der Waals surface area contributed by atoms with Gasteiger partial charge in [-0.2, -0.15) is 0 Å². The molecule has 1 aliphatic carbocycles. The Morgan fingerprint density at radius 3 is 2.71 bits per heavy atom. The van der Waals surface area contributed by atoms with E-state index in [4.69, 9.17) is 25.8 Å². The lowest BCUT2D eigenvalue weighted by Crippen LogP contribution is -2.62. The second-order valence-corrected chi connectivity index (χ2v) is 19.2. The number of nitrogens with zero attached hydrogens (tertiary/aromatic N) is 3. The number of morpholine rings is 1. The first-order chi connectivity index (χ1) is 26.5. The molecule has 4 heterocycles. The average molecular weight is 798 g/mol. The van der Waals surface area contributed by atoms with E-state index in [2.05, 4.69) is 38.5 Å². The van der Waals surface area contributed by atoms with Crippen molar-refractivity contribution in [1.82, 2.24) is 14.5 Å². The number of sulfonamides is 1. The highest BCUT2D eigenvalue weighted by Gasteiger charge is 2.49. The third kappa shape index (κ3) is 9.39. The van der Waals surface area contributed by atoms with Gasteiger partial charge in [0.05, 0.1) is 24.2 Å². The van der Waals surface area contributed by atoms with Gasteiger partial charge in [0, 0.05) is 69.0 Å². The molecule has 55 heavy (non-hydrogen) atoms. The van der Waals surface area contributed by atoms with Crippen LogP contribution < -0.4 is 14.4 Å². The van der Waals surface area contributed by atoms with Crippen LogP contribution in [0.1, 0.15) is 87.2 Å². The van der Waals surface area contributed by atoms with Gasteiger partial charge in [0.2, 0.25) is 10.0 Å². The van der Waals surface area contributed by atoms with E-state index in [1.807, 2.05) is 37.3 Å². The van der Waals surface area contributed by atoms with Gasteiger partial charge in [0.25, 0.3) is 5.91 Å². The van der Waals surface area contributed by atoms with Crippen molar-refractivity contribution in [2.45, 2.75) is 95.6 Å². The second-order valence-electron chi connectivity index (χ2n) is 16.7. The van der Waals surface area contributed by atoms with Gasteiger partial charge in [-0.15, -0.1) is 0 Å². The predicted molar refractivity (Wildman–Crippen MR) is 219 cm³/mol. The zero-order valence-electron chi connectivity index (χ0n) is 33.0. The number of benzene rings is 2. The SMILES string of the molecule is CCCCO[C@]1(CN2CCN3CCOC[C@@H]3C2)/C=C/C[C@H](C)[C@@H](C)S(=O)(=O)NC(=O)c2ccc3c(c2)N(CCCCc2cc(Cl)ccc2CO3)C[C@@H]2CC[C@H]21. The molecule has 0 radical (unpaired) electrons. The van der Waals surface area contributed by atoms with Crippen LogP contribution in [0.4, 0.5) is 5.69 Å². The number of carbonyl (C=O) groups excluding carboxylic acids is 1. The van der Waals surface area contributed by atoms with Crippen LogP contribution in [-0.4, -0.2) is 107 Å². The summed E-state index contributed by atoms with van der Waals surface area (Å²) in [5, 5.41) is -0.0633. The number of nitrogens with one attached hydrogen (secondary N) is 1. The van der Waals surface area contributed by atoms with E-state index >= 15 is 0 Å². The normalized spacial score (nSPS) is 31.3. The first-order valence-corrected chi connectivity index (χ1v) is 22.7. The van der Waals surface area contributed by atoms with Crippen LogP contribution in [0.5, 0.6) is 5.75 Å². The summed E-state index contributed by atoms with van der Waals surface area (Å²) >= 11 is 6.43. The van der Waals surface area contributed by atoms with Crippen LogP contribution in [-0.2, 0) is 32.5 Å². The molecule has 2 aromatic rings. The minimum atomic E-state index is -3.97. The van der Waals surface area contributed by atoms with Crippen LogP contribution >= 0.6 is 11.6 Å². The van der Waals surface area contributed by atoms with E-state index in [0.29, 0.717) is 42.9 Å². The zero-order valence-corrected chi connectivity index (χ0v) is 34.6. The Labute approximate surface area is 333 Å². The number of ether oxygens (including phenoxy) is 3. The van der Waals surface area contributed by atoms with E-state index in [1.165, 1.54) is 5.56 Å². The molecule has 3 fully saturated rings. The molecule has 6 atom stereocenters. The van der Waals surface area contributed by atoms with Crippen LogP contribution in [0.3, 0.4) is 0 Å². The molecule has 4 aliphatic heterocycles. The van der Waals surface area contributed by atoms with Gasteiger partial charge in [0.1, 0.15) is 18.0 Å². The number of hydrogen-bond donors (Lipinski definition) is 1. The lowest BCUT2D eigenvalue weighted by Gasteiger charge is -2.53. The number of fused-ring (bicyclic) bond motifs is 4. The number of anilines is 1. The van der Waals surface area contributed by atoms with E-state index < -0.39 is 26.8 Å². The molecule has 2 bridgehead atoms. The Balaban J connectivity index is 1.27. The number of amides is 1. The first kappa shape index (κ1) is 40.5. The monoisotopic (exact) mass is 796 g/mol. The molecule has 10 nitrogen and oxygen atoms in total. The first-order valence-electron chi connectivity index (χ1n) is 20.8. The minimum Gasteiger partial charge on any atom is -0.487 e. The van der Waals surface area contributed by atoms with Gasteiger partial charge in [-0.05, 0) is 111 Å². The number of unbranched alkanes of at least 4 members (excludes halogenated alkanes) is 1. The molecule has 12 heteroatoms. The summed E-state index contributed by atoms with van der Waals surface area (Å²) in [5.74, 6) is 0.455. The number of halogens is 1. The lowest BCUT2D eigenvalue weighted by molar-refractivity contribution is -0.125. The van der Waals surface area contributed by atoms with Crippen molar-refractivity contribution in [2.24, 2.45) is 17.8 Å². The summed E-state index contributed by atoms with van der Waals surface area (Å²) in [4.78, 5) is 21.3. The maximum atomic E-state index is 13.7. The third-order valence-electron chi connectivity index (χ3n) is 13.0. The molecule has 0 unspecified atom stereocenters. The van der Waals surface area contributed by atoms with Gasteiger partial charge in [0.15, 0.2) is 0 Å². The van der Waals surface area contributed by atoms with Gasteiger partial charge >= 0.3 is 0 Å². The fourth-order valence-corrected chi connectivity index (χ4v) is 10.7. The Kier molecular flexibility index (Phi) is 13.2. The molecular formula is C43H61ClN4O6S. The Morgan fingerprint density at radius 1 is 1.02 bits per heavy atom. The topological polar surface area (TPSA) is 101 Å². The fraction of sp³-hybridized carbons (Fsp3) is 0.651. The van der Waals surface area contributed by atoms with Crippen molar-refractivity contribution in [1.29, 1.82) is 0 Å². The number of allylic oxidation sites excluding steroid dienone is 1. The minimum absolute atomic E-state index is 0.225. The van der Waals surface area contributed by atoms with Crippen molar-refractivity contribution in [2.75, 3.05) is 70.5 Å². The van der Waals surface area contributed by atoms with Crippen molar-refractivity contribution >= 4 is 33.2 Å². The summed E-state index contributed by atoms with van der Waals surface area (Å²) in [6.07, 6.45) is 12.0. The highest BCUT2D eigenvalue weighted by atomic mass is 35.5. The molecule has 2 aromatic carbocycles. The maximum Gasteiger partial charge on any atom is 0.264 e. The van der Waals surface area contributed by atoms with Crippen LogP contribution in [0, 0.1) is 17.8 Å². The van der Waals surface area contributed by atoms with Crippen LogP contribution in [0.15, 0.2) is 48.6 Å². The highest BCUT2D eigenvalue weighted by molar-refractivity contribution is 7.90. The molecule has 7 rings (SSSR count). The number of piperazine rings is 1. The van der Waals surface area contributed by atoms with Crippen LogP contribution in [0.2, 0.25) is 5.02 Å². The molecule has 1 N–H and O–H groups in total. The average Bonchev–Trinajstić information content (AvgIpc) is 3.18. The smallest absolute Gasteiger partial charge is 0.264 e. The van der Waals surface area contributed by atoms with E-state index in [-0.39, 0.29) is 11.8 Å². The second kappa shape index (κ2) is 17.9.